The van der Waals surface area contributed by atoms with Gasteiger partial charge in [-0.2, -0.15) is 5.10 Å². The van der Waals surface area contributed by atoms with E-state index in [9.17, 15) is 8.42 Å². The molecular weight excluding hydrogens is 314 g/mol. The van der Waals surface area contributed by atoms with Gasteiger partial charge >= 0.3 is 0 Å². The normalized spacial score (nSPS) is 24.4. The van der Waals surface area contributed by atoms with Gasteiger partial charge in [-0.05, 0) is 25.2 Å². The largest absolute Gasteiger partial charge is 0.379 e. The summed E-state index contributed by atoms with van der Waals surface area (Å²) in [4.78, 5) is 0.259. The first kappa shape index (κ1) is 16.9. The molecule has 1 aliphatic heterocycles. The average Bonchev–Trinajstić information content (AvgIpc) is 3.17. The van der Waals surface area contributed by atoms with Gasteiger partial charge < -0.3 is 4.74 Å². The molecule has 23 heavy (non-hydrogen) atoms. The molecule has 0 amide bonds. The molecule has 1 aliphatic carbocycles. The summed E-state index contributed by atoms with van der Waals surface area (Å²) in [6, 6.07) is 0.157. The molecule has 2 fully saturated rings. The van der Waals surface area contributed by atoms with Crippen molar-refractivity contribution in [1.29, 1.82) is 0 Å². The quantitative estimate of drug-likeness (QED) is 0.893. The fraction of sp³-hybridized carbons (Fsp3) is 0.812. The Labute approximate surface area is 138 Å². The number of hydrogen-bond donors (Lipinski definition) is 1. The molecule has 6 nitrogen and oxygen atoms in total. The molecule has 130 valence electrons. The van der Waals surface area contributed by atoms with Crippen molar-refractivity contribution in [2.75, 3.05) is 19.8 Å². The van der Waals surface area contributed by atoms with Gasteiger partial charge in [0.05, 0.1) is 18.8 Å². The van der Waals surface area contributed by atoms with Crippen molar-refractivity contribution >= 4 is 10.0 Å². The van der Waals surface area contributed by atoms with Crippen LogP contribution in [0.2, 0.25) is 0 Å². The number of nitrogens with zero attached hydrogens (tertiary/aromatic N) is 2. The first-order valence-electron chi connectivity index (χ1n) is 8.77. The van der Waals surface area contributed by atoms with Crippen molar-refractivity contribution in [2.24, 2.45) is 5.92 Å². The van der Waals surface area contributed by atoms with E-state index in [0.29, 0.717) is 25.7 Å². The Balaban J connectivity index is 1.57. The predicted octanol–water partition coefficient (Wildman–Crippen LogP) is 2.48. The number of rotatable bonds is 5. The van der Waals surface area contributed by atoms with Gasteiger partial charge in [-0.15, -0.1) is 0 Å². The second kappa shape index (κ2) is 7.77. The third-order valence-corrected chi connectivity index (χ3v) is 6.33. The van der Waals surface area contributed by atoms with E-state index in [1.54, 1.807) is 10.9 Å². The lowest BCUT2D eigenvalue weighted by Crippen LogP contribution is -2.29. The zero-order valence-corrected chi connectivity index (χ0v) is 14.4. The molecule has 1 N–H and O–H groups in total. The van der Waals surface area contributed by atoms with Crippen LogP contribution in [0.15, 0.2) is 17.3 Å². The number of sulfonamides is 1. The van der Waals surface area contributed by atoms with E-state index in [4.69, 9.17) is 4.74 Å². The zero-order valence-electron chi connectivity index (χ0n) is 13.6. The Morgan fingerprint density at radius 1 is 1.17 bits per heavy atom. The van der Waals surface area contributed by atoms with Crippen LogP contribution in [0.4, 0.5) is 0 Å². The Morgan fingerprint density at radius 2 is 1.91 bits per heavy atom. The van der Waals surface area contributed by atoms with E-state index in [0.717, 1.165) is 19.3 Å². The third-order valence-electron chi connectivity index (χ3n) is 4.95. The summed E-state index contributed by atoms with van der Waals surface area (Å²) < 4.78 is 34.8. The Hall–Kier alpha value is -0.920. The average molecular weight is 341 g/mol. The molecule has 7 heteroatoms. The third kappa shape index (κ3) is 4.55. The minimum atomic E-state index is -3.46. The summed E-state index contributed by atoms with van der Waals surface area (Å²) in [5.74, 6) is 0.461. The van der Waals surface area contributed by atoms with Crippen molar-refractivity contribution in [3.63, 3.8) is 0 Å². The standard InChI is InChI=1S/C16H27N3O3S/c20-23(21,18-10-14-6-4-2-1-3-5-7-14)16-11-17-19(12-16)15-8-9-22-13-15/h11-12,14-15,18H,1-10,13H2. The number of hydrogen-bond acceptors (Lipinski definition) is 4. The first-order valence-corrected chi connectivity index (χ1v) is 10.2. The Morgan fingerprint density at radius 3 is 2.61 bits per heavy atom. The smallest absolute Gasteiger partial charge is 0.243 e. The molecule has 0 aromatic carbocycles. The van der Waals surface area contributed by atoms with Crippen LogP contribution in [-0.4, -0.2) is 38.0 Å². The maximum absolute atomic E-state index is 12.5. The molecule has 2 aliphatic rings. The summed E-state index contributed by atoms with van der Waals surface area (Å²) in [7, 11) is -3.46. The minimum Gasteiger partial charge on any atom is -0.379 e. The maximum atomic E-state index is 12.5. The lowest BCUT2D eigenvalue weighted by molar-refractivity contribution is 0.184. The second-order valence-corrected chi connectivity index (χ2v) is 8.50. The molecule has 1 aromatic heterocycles. The van der Waals surface area contributed by atoms with E-state index in [1.165, 1.54) is 38.3 Å². The summed E-state index contributed by atoms with van der Waals surface area (Å²) in [6.07, 6.45) is 12.5. The highest BCUT2D eigenvalue weighted by atomic mass is 32.2. The van der Waals surface area contributed by atoms with Gasteiger partial charge in [0.25, 0.3) is 0 Å². The number of nitrogens with one attached hydrogen (secondary N) is 1. The van der Waals surface area contributed by atoms with Gasteiger partial charge in [0.1, 0.15) is 4.90 Å². The molecule has 3 rings (SSSR count). The van der Waals surface area contributed by atoms with Gasteiger partial charge in [-0.3, -0.25) is 4.68 Å². The van der Waals surface area contributed by atoms with Crippen LogP contribution in [0.5, 0.6) is 0 Å². The van der Waals surface area contributed by atoms with Crippen LogP contribution in [0, 0.1) is 5.92 Å². The highest BCUT2D eigenvalue weighted by Crippen LogP contribution is 2.23. The summed E-state index contributed by atoms with van der Waals surface area (Å²) in [6.45, 7) is 1.86. The van der Waals surface area contributed by atoms with Gasteiger partial charge in [-0.1, -0.05) is 32.1 Å². The summed E-state index contributed by atoms with van der Waals surface area (Å²) in [5, 5.41) is 4.20. The Bertz CT molecular complexity index is 585. The Kier molecular flexibility index (Phi) is 5.71. The monoisotopic (exact) mass is 341 g/mol. The SMILES string of the molecule is O=S(=O)(NCC1CCCCCCC1)c1cnn(C2CCOC2)c1. The van der Waals surface area contributed by atoms with Crippen molar-refractivity contribution in [2.45, 2.75) is 62.3 Å². The van der Waals surface area contributed by atoms with Crippen LogP contribution >= 0.6 is 0 Å². The van der Waals surface area contributed by atoms with E-state index >= 15 is 0 Å². The van der Waals surface area contributed by atoms with Crippen LogP contribution in [-0.2, 0) is 14.8 Å². The number of aromatic nitrogens is 2. The highest BCUT2D eigenvalue weighted by Gasteiger charge is 2.23. The molecule has 0 spiro atoms. The van der Waals surface area contributed by atoms with Gasteiger partial charge in [0.2, 0.25) is 10.0 Å². The molecule has 1 saturated heterocycles. The zero-order chi connectivity index (χ0) is 16.1. The van der Waals surface area contributed by atoms with Gasteiger partial charge in [0, 0.05) is 19.3 Å². The number of ether oxygens (including phenoxy) is 1. The molecule has 0 radical (unpaired) electrons. The van der Waals surface area contributed by atoms with E-state index < -0.39 is 10.0 Å². The molecule has 0 bridgehead atoms. The van der Waals surface area contributed by atoms with Gasteiger partial charge in [0.15, 0.2) is 0 Å². The lowest BCUT2D eigenvalue weighted by Gasteiger charge is -2.19. The van der Waals surface area contributed by atoms with Crippen LogP contribution < -0.4 is 4.72 Å². The molecule has 2 heterocycles. The molecule has 1 saturated carbocycles. The molecular formula is C16H27N3O3S. The van der Waals surface area contributed by atoms with E-state index in [-0.39, 0.29) is 10.9 Å². The molecule has 1 aromatic rings. The summed E-state index contributed by atoms with van der Waals surface area (Å²) in [5.41, 5.74) is 0. The van der Waals surface area contributed by atoms with Crippen molar-refractivity contribution in [1.82, 2.24) is 14.5 Å². The van der Waals surface area contributed by atoms with Crippen molar-refractivity contribution < 1.29 is 13.2 Å². The fourth-order valence-electron chi connectivity index (χ4n) is 3.45. The first-order chi connectivity index (χ1) is 11.1. The van der Waals surface area contributed by atoms with Crippen LogP contribution in [0.25, 0.3) is 0 Å². The van der Waals surface area contributed by atoms with Crippen molar-refractivity contribution in [3.8, 4) is 0 Å². The molecule has 1 unspecified atom stereocenters. The van der Waals surface area contributed by atoms with Crippen molar-refractivity contribution in [3.05, 3.63) is 12.4 Å². The van der Waals surface area contributed by atoms with E-state index in [2.05, 4.69) is 9.82 Å². The predicted molar refractivity (Wildman–Crippen MR) is 87.7 cm³/mol. The van der Waals surface area contributed by atoms with Gasteiger partial charge in [-0.25, -0.2) is 13.1 Å². The highest BCUT2D eigenvalue weighted by molar-refractivity contribution is 7.89. The van der Waals surface area contributed by atoms with Crippen LogP contribution in [0.3, 0.4) is 0 Å². The lowest BCUT2D eigenvalue weighted by atomic mass is 9.91. The molecule has 1 atom stereocenters. The summed E-state index contributed by atoms with van der Waals surface area (Å²) >= 11 is 0. The maximum Gasteiger partial charge on any atom is 0.243 e. The van der Waals surface area contributed by atoms with Crippen LogP contribution in [0.1, 0.15) is 57.4 Å². The van der Waals surface area contributed by atoms with E-state index in [1.807, 2.05) is 0 Å². The topological polar surface area (TPSA) is 73.2 Å². The fourth-order valence-corrected chi connectivity index (χ4v) is 4.50. The second-order valence-electron chi connectivity index (χ2n) is 6.74. The minimum absolute atomic E-state index is 0.157.